The molecule has 1 aromatic rings. The molecule has 20 heavy (non-hydrogen) atoms. The molecular formula is C12H12F2N2O3S. The van der Waals surface area contributed by atoms with Gasteiger partial charge in [-0.25, -0.2) is 22.3 Å². The largest absolute Gasteiger partial charge is 0.488 e. The summed E-state index contributed by atoms with van der Waals surface area (Å²) in [7, 11) is -4.31. The zero-order valence-electron chi connectivity index (χ0n) is 10.4. The monoisotopic (exact) mass is 302 g/mol. The summed E-state index contributed by atoms with van der Waals surface area (Å²) in [6, 6.07) is 3.13. The van der Waals surface area contributed by atoms with Gasteiger partial charge in [0, 0.05) is 17.9 Å². The summed E-state index contributed by atoms with van der Waals surface area (Å²) in [6.07, 6.45) is 1.72. The lowest BCUT2D eigenvalue weighted by Crippen LogP contribution is -2.18. The maximum absolute atomic E-state index is 13.7. The molecule has 0 aromatic heterocycles. The predicted molar refractivity (Wildman–Crippen MR) is 65.1 cm³/mol. The summed E-state index contributed by atoms with van der Waals surface area (Å²) >= 11 is 0. The predicted octanol–water partition coefficient (Wildman–Crippen LogP) is 1.68. The van der Waals surface area contributed by atoms with Gasteiger partial charge in [-0.3, -0.25) is 0 Å². The number of hydrogen-bond acceptors (Lipinski definition) is 4. The Balaban J connectivity index is 2.30. The number of sulfonamides is 1. The maximum atomic E-state index is 13.7. The van der Waals surface area contributed by atoms with Gasteiger partial charge in [0.2, 0.25) is 10.0 Å². The summed E-state index contributed by atoms with van der Waals surface area (Å²) in [4.78, 5) is -0.734. The molecule has 1 aliphatic rings. The van der Waals surface area contributed by atoms with Crippen LogP contribution in [-0.4, -0.2) is 15.0 Å². The number of primary sulfonamides is 1. The zero-order valence-corrected chi connectivity index (χ0v) is 11.2. The minimum Gasteiger partial charge on any atom is -0.488 e. The van der Waals surface area contributed by atoms with E-state index in [1.54, 1.807) is 0 Å². The van der Waals surface area contributed by atoms with Crippen LogP contribution in [0.1, 0.15) is 19.3 Å². The van der Waals surface area contributed by atoms with Gasteiger partial charge in [0.05, 0.1) is 12.7 Å². The average molecular weight is 302 g/mol. The van der Waals surface area contributed by atoms with Crippen molar-refractivity contribution in [2.24, 2.45) is 10.6 Å². The Kier molecular flexibility index (Phi) is 3.67. The van der Waals surface area contributed by atoms with Crippen LogP contribution in [0.15, 0.2) is 17.0 Å². The van der Waals surface area contributed by atoms with Gasteiger partial charge in [-0.15, -0.1) is 0 Å². The summed E-state index contributed by atoms with van der Waals surface area (Å²) < 4.78 is 54.6. The average Bonchev–Trinajstić information content (AvgIpc) is 3.06. The fraction of sp³-hybridized carbons (Fsp3) is 0.417. The van der Waals surface area contributed by atoms with Crippen LogP contribution in [0.5, 0.6) is 5.75 Å². The van der Waals surface area contributed by atoms with Gasteiger partial charge in [-0.1, -0.05) is 0 Å². The summed E-state index contributed by atoms with van der Waals surface area (Å²) in [5.41, 5.74) is -0.370. The molecule has 0 bridgehead atoms. The minimum absolute atomic E-state index is 0.00830. The fourth-order valence-corrected chi connectivity index (χ4v) is 2.52. The molecule has 8 heteroatoms. The first-order valence-corrected chi connectivity index (χ1v) is 7.34. The molecule has 1 saturated carbocycles. The second-order valence-corrected chi connectivity index (χ2v) is 6.41. The van der Waals surface area contributed by atoms with Crippen LogP contribution < -0.4 is 9.88 Å². The van der Waals surface area contributed by atoms with Gasteiger partial charge < -0.3 is 4.74 Å². The number of hydrogen-bond donors (Lipinski definition) is 1. The third-order valence-electron chi connectivity index (χ3n) is 3.21. The van der Waals surface area contributed by atoms with Crippen LogP contribution in [0.2, 0.25) is 0 Å². The minimum atomic E-state index is -4.31. The van der Waals surface area contributed by atoms with E-state index in [2.05, 4.69) is 0 Å². The molecule has 0 spiro atoms. The van der Waals surface area contributed by atoms with Crippen molar-refractivity contribution >= 4 is 10.0 Å². The number of benzene rings is 1. The van der Waals surface area contributed by atoms with Crippen molar-refractivity contribution in [2.45, 2.75) is 24.2 Å². The highest BCUT2D eigenvalue weighted by Gasteiger charge is 2.43. The van der Waals surface area contributed by atoms with E-state index in [4.69, 9.17) is 15.1 Å². The van der Waals surface area contributed by atoms with Crippen LogP contribution in [0.3, 0.4) is 0 Å². The molecule has 2 rings (SSSR count). The standard InChI is InChI=1S/C12H12F2N2O3S/c13-8-5-9(14)11(10(6-8)20(16,17)18)19-7-12(1-2-12)3-4-15/h5-6H,1-3,7H2,(H2,16,17,18). The van der Waals surface area contributed by atoms with Crippen LogP contribution in [0.25, 0.3) is 0 Å². The van der Waals surface area contributed by atoms with E-state index in [1.807, 2.05) is 6.07 Å². The Morgan fingerprint density at radius 3 is 2.55 bits per heavy atom. The number of ether oxygens (including phenoxy) is 1. The SMILES string of the molecule is N#CCC1(COc2c(F)cc(F)cc2S(N)(=O)=O)CC1. The highest BCUT2D eigenvalue weighted by Crippen LogP contribution is 2.49. The lowest BCUT2D eigenvalue weighted by atomic mass is 10.1. The van der Waals surface area contributed by atoms with Crippen molar-refractivity contribution in [1.29, 1.82) is 5.26 Å². The molecule has 0 aliphatic heterocycles. The first kappa shape index (κ1) is 14.7. The molecule has 1 aliphatic carbocycles. The van der Waals surface area contributed by atoms with E-state index in [-0.39, 0.29) is 18.4 Å². The number of nitriles is 1. The molecule has 0 saturated heterocycles. The summed E-state index contributed by atoms with van der Waals surface area (Å²) in [5, 5.41) is 13.6. The highest BCUT2D eigenvalue weighted by atomic mass is 32.2. The van der Waals surface area contributed by atoms with Crippen molar-refractivity contribution < 1.29 is 21.9 Å². The summed E-state index contributed by atoms with van der Waals surface area (Å²) in [5.74, 6) is -2.79. The number of nitrogens with two attached hydrogens (primary N) is 1. The topological polar surface area (TPSA) is 93.2 Å². The molecule has 0 heterocycles. The quantitative estimate of drug-likeness (QED) is 0.895. The second-order valence-electron chi connectivity index (χ2n) is 4.88. The van der Waals surface area contributed by atoms with Crippen molar-refractivity contribution in [2.75, 3.05) is 6.61 Å². The molecule has 0 radical (unpaired) electrons. The maximum Gasteiger partial charge on any atom is 0.241 e. The van der Waals surface area contributed by atoms with Crippen molar-refractivity contribution in [3.63, 3.8) is 0 Å². The van der Waals surface area contributed by atoms with Crippen LogP contribution >= 0.6 is 0 Å². The number of rotatable bonds is 5. The Hall–Kier alpha value is -1.72. The molecule has 0 atom stereocenters. The lowest BCUT2D eigenvalue weighted by molar-refractivity contribution is 0.221. The van der Waals surface area contributed by atoms with Gasteiger partial charge >= 0.3 is 0 Å². The Bertz CT molecular complexity index is 679. The highest BCUT2D eigenvalue weighted by molar-refractivity contribution is 7.89. The van der Waals surface area contributed by atoms with E-state index in [0.29, 0.717) is 12.1 Å². The third-order valence-corrected chi connectivity index (χ3v) is 4.13. The van der Waals surface area contributed by atoms with Crippen LogP contribution in [-0.2, 0) is 10.0 Å². The van der Waals surface area contributed by atoms with Crippen molar-refractivity contribution in [3.05, 3.63) is 23.8 Å². The molecule has 0 amide bonds. The van der Waals surface area contributed by atoms with E-state index in [9.17, 15) is 17.2 Å². The van der Waals surface area contributed by atoms with Crippen molar-refractivity contribution in [3.8, 4) is 11.8 Å². The van der Waals surface area contributed by atoms with E-state index in [0.717, 1.165) is 12.8 Å². The Morgan fingerprint density at radius 2 is 2.05 bits per heavy atom. The van der Waals surface area contributed by atoms with Crippen molar-refractivity contribution in [1.82, 2.24) is 0 Å². The summed E-state index contributed by atoms with van der Waals surface area (Å²) in [6.45, 7) is -0.00830. The van der Waals surface area contributed by atoms with Gasteiger partial charge in [0.15, 0.2) is 11.6 Å². The molecule has 108 valence electrons. The van der Waals surface area contributed by atoms with Gasteiger partial charge in [-0.05, 0) is 18.9 Å². The molecule has 2 N–H and O–H groups in total. The van der Waals surface area contributed by atoms with Crippen LogP contribution in [0, 0.1) is 28.4 Å². The Labute approximate surface area is 115 Å². The smallest absolute Gasteiger partial charge is 0.241 e. The fourth-order valence-electron chi connectivity index (χ4n) is 1.83. The van der Waals surface area contributed by atoms with E-state index < -0.39 is 32.3 Å². The third kappa shape index (κ3) is 3.05. The molecule has 1 aromatic carbocycles. The van der Waals surface area contributed by atoms with Gasteiger partial charge in [0.1, 0.15) is 10.7 Å². The first-order chi connectivity index (χ1) is 9.27. The first-order valence-electron chi connectivity index (χ1n) is 5.79. The normalized spacial score (nSPS) is 16.5. The molecule has 5 nitrogen and oxygen atoms in total. The second kappa shape index (κ2) is 5.00. The van der Waals surface area contributed by atoms with Crippen LogP contribution in [0.4, 0.5) is 8.78 Å². The van der Waals surface area contributed by atoms with Gasteiger partial charge in [-0.2, -0.15) is 5.26 Å². The molecular weight excluding hydrogens is 290 g/mol. The molecule has 1 fully saturated rings. The lowest BCUT2D eigenvalue weighted by Gasteiger charge is -2.15. The van der Waals surface area contributed by atoms with E-state index in [1.165, 1.54) is 0 Å². The van der Waals surface area contributed by atoms with E-state index >= 15 is 0 Å². The number of halogens is 2. The van der Waals surface area contributed by atoms with Gasteiger partial charge in [0.25, 0.3) is 0 Å². The number of nitrogens with zero attached hydrogens (tertiary/aromatic N) is 1. The Morgan fingerprint density at radius 1 is 1.40 bits per heavy atom. The molecule has 0 unspecified atom stereocenters. The zero-order chi connectivity index (χ0) is 15.0.